The van der Waals surface area contributed by atoms with Gasteiger partial charge in [0.1, 0.15) is 0 Å². The maximum absolute atomic E-state index is 12.7. The number of fused-ring (bicyclic) bond motifs is 3. The quantitative estimate of drug-likeness (QED) is 0.0128. The number of imide groups is 3. The van der Waals surface area contributed by atoms with Crippen molar-refractivity contribution in [2.75, 3.05) is 72.2 Å². The van der Waals surface area contributed by atoms with Gasteiger partial charge in [0, 0.05) is 19.6 Å². The molecule has 6 aliphatic rings. The van der Waals surface area contributed by atoms with E-state index in [1.165, 1.54) is 39.0 Å². The molecular weight excluding hydrogens is 1140 g/mol. The van der Waals surface area contributed by atoms with Crippen LogP contribution in [0.15, 0.2) is 106 Å². The van der Waals surface area contributed by atoms with Crippen molar-refractivity contribution in [3.63, 3.8) is 0 Å². The number of rotatable bonds is 27. The fraction of sp³-hybridized carbons (Fsp3) is 0.492. The molecule has 12 unspecified atom stereocenters. The van der Waals surface area contributed by atoms with Crippen LogP contribution in [-0.2, 0) is 54.3 Å². The molecule has 0 aliphatic carbocycles. The van der Waals surface area contributed by atoms with Crippen LogP contribution in [0.1, 0.15) is 38.2 Å². The van der Waals surface area contributed by atoms with Gasteiger partial charge < -0.3 is 40.0 Å². The first kappa shape index (κ1) is 69.9. The summed E-state index contributed by atoms with van der Waals surface area (Å²) in [5.74, 6) is -5.23. The Kier molecular flexibility index (Phi) is 27.8. The molecule has 6 heterocycles. The molecular formula is C59H86N15O14+3. The lowest BCUT2D eigenvalue weighted by Crippen LogP contribution is -2.81. The van der Waals surface area contributed by atoms with Crippen molar-refractivity contribution in [3.05, 3.63) is 112 Å². The zero-order chi connectivity index (χ0) is 64.5. The molecule has 0 saturated carbocycles. The number of nitrogens with two attached hydrogens (primary N) is 3. The van der Waals surface area contributed by atoms with Gasteiger partial charge in [-0.3, -0.25) is 75.6 Å². The third kappa shape index (κ3) is 18.3. The number of benzene rings is 1. The normalized spacial score (nSPS) is 26.2. The molecule has 6 saturated heterocycles. The maximum Gasteiger partial charge on any atom is 0.379 e. The number of hydrogen-bond donors (Lipinski definition) is 13. The van der Waals surface area contributed by atoms with Crippen LogP contribution in [0.4, 0.5) is 14.4 Å². The Hall–Kier alpha value is -8.90. The molecule has 88 heavy (non-hydrogen) atoms. The first-order valence-electron chi connectivity index (χ1n) is 29.1. The average Bonchev–Trinajstić information content (AvgIpc) is 1.67. The highest BCUT2D eigenvalue weighted by Crippen LogP contribution is 2.43. The van der Waals surface area contributed by atoms with Gasteiger partial charge in [-0.05, 0) is 12.0 Å². The maximum atomic E-state index is 12.7. The molecule has 6 aliphatic heterocycles. The topological polar surface area (TPSA) is 413 Å². The van der Waals surface area contributed by atoms with Gasteiger partial charge >= 0.3 is 36.0 Å². The lowest BCUT2D eigenvalue weighted by molar-refractivity contribution is -0.459. The molecule has 12 amide bonds. The van der Waals surface area contributed by atoms with Crippen molar-refractivity contribution >= 4 is 71.4 Å². The van der Waals surface area contributed by atoms with E-state index in [0.29, 0.717) is 13.1 Å². The zero-order valence-corrected chi connectivity index (χ0v) is 49.7. The van der Waals surface area contributed by atoms with Gasteiger partial charge in [-0.1, -0.05) is 93.0 Å². The van der Waals surface area contributed by atoms with Crippen LogP contribution in [0.25, 0.3) is 0 Å². The number of aliphatic hydroxyl groups is 1. The molecule has 478 valence electrons. The second-order valence-corrected chi connectivity index (χ2v) is 20.7. The number of unbranched alkanes of at least 4 members (excludes halogenated alkanes) is 3. The molecule has 29 nitrogen and oxygen atoms in total. The van der Waals surface area contributed by atoms with Crippen molar-refractivity contribution in [3.8, 4) is 0 Å². The van der Waals surface area contributed by atoms with Crippen molar-refractivity contribution in [2.45, 2.75) is 75.8 Å². The molecule has 1 aromatic carbocycles. The predicted octanol–water partition coefficient (Wildman–Crippen LogP) is -5.95. The largest absolute Gasteiger partial charge is 0.394 e. The van der Waals surface area contributed by atoms with E-state index in [9.17, 15) is 43.2 Å². The molecule has 16 N–H and O–H groups in total. The van der Waals surface area contributed by atoms with Gasteiger partial charge in [-0.2, -0.15) is 16.0 Å². The molecule has 6 fully saturated rings. The monoisotopic (exact) mass is 1230 g/mol. The minimum atomic E-state index is -0.596. The number of nitrogens with zero attached hydrogens (tertiary/aromatic N) is 3. The Labute approximate surface area is 511 Å². The van der Waals surface area contributed by atoms with E-state index >= 15 is 0 Å². The van der Waals surface area contributed by atoms with Crippen LogP contribution in [0.5, 0.6) is 0 Å². The summed E-state index contributed by atoms with van der Waals surface area (Å²) in [7, 11) is 0. The van der Waals surface area contributed by atoms with Crippen molar-refractivity contribution in [2.24, 2.45) is 52.7 Å². The molecule has 0 spiro atoms. The van der Waals surface area contributed by atoms with E-state index in [1.54, 1.807) is 12.2 Å². The number of likely N-dealkylation sites (tertiary alicyclic amines) is 3. The number of ether oxygens (including phenoxy) is 4. The number of hydrogen-bond acceptors (Lipinski definition) is 14. The van der Waals surface area contributed by atoms with Crippen molar-refractivity contribution < 1.29 is 82.2 Å². The van der Waals surface area contributed by atoms with Crippen LogP contribution >= 0.6 is 0 Å². The van der Waals surface area contributed by atoms with Crippen LogP contribution in [0.2, 0.25) is 0 Å². The number of carbonyl (C=O) groups excluding carboxylic acids is 9. The Morgan fingerprint density at radius 3 is 1.16 bits per heavy atom. The molecule has 0 aromatic heterocycles. The van der Waals surface area contributed by atoms with Crippen LogP contribution < -0.4 is 64.1 Å². The highest BCUT2D eigenvalue weighted by molar-refractivity contribution is 6.08. The number of carbonyl (C=O) groups is 9. The number of amides is 12. The standard InChI is InChI=1S/C21H25N5O4.C20H31N5O4.C18H27N5O6/c1-3-14-16-17(15(4-2)30-14)19(28)26(18(16)27)11-10-23-20(22)25-21(29)24-12-13-8-6-5-7-9-13;1-4-7-8-9-10-23-20(28)24-19(21)22-11-12-25-17(26)15-13(5-2)29-14(6-3)16(15)18(25)27;1-3-11-13-14(12(4-2)29-11)16(26)23(15(13)25)7-5-20-17(19)22-18(27)21-6-9-28-10-8-24/h3-9,14-17H,1-2,10-12H2,(H4,22,23,24,25,29);5-6,13-16H,2-4,7-12H2,1H3,(H4,21,22,23,24,28);3-4,11-14,24H,1-2,5-10H2,(H4,19,20,21,22,27)/p+3. The van der Waals surface area contributed by atoms with E-state index in [0.717, 1.165) is 31.2 Å². The molecule has 1 aromatic rings. The second kappa shape index (κ2) is 35.0. The summed E-state index contributed by atoms with van der Waals surface area (Å²) in [6.45, 7) is 26.7. The minimum Gasteiger partial charge on any atom is -0.394 e. The predicted molar refractivity (Wildman–Crippen MR) is 320 cm³/mol. The Balaban J connectivity index is 0.000000241. The fourth-order valence-electron chi connectivity index (χ4n) is 10.8. The lowest BCUT2D eigenvalue weighted by atomic mass is 9.89. The highest BCUT2D eigenvalue weighted by Gasteiger charge is 2.60. The minimum absolute atomic E-state index is 0.0191. The lowest BCUT2D eigenvalue weighted by Gasteiger charge is -2.18. The third-order valence-electron chi connectivity index (χ3n) is 15.0. The van der Waals surface area contributed by atoms with E-state index in [2.05, 4.69) is 93.3 Å². The van der Waals surface area contributed by atoms with E-state index in [1.807, 2.05) is 30.3 Å². The third-order valence-corrected chi connectivity index (χ3v) is 15.0. The smallest absolute Gasteiger partial charge is 0.379 e. The first-order valence-corrected chi connectivity index (χ1v) is 29.1. The molecule has 29 heteroatoms. The van der Waals surface area contributed by atoms with Crippen LogP contribution in [-0.4, -0.2) is 200 Å². The van der Waals surface area contributed by atoms with Gasteiger partial charge in [0.25, 0.3) is 0 Å². The molecule has 12 atom stereocenters. The summed E-state index contributed by atoms with van der Waals surface area (Å²) in [4.78, 5) is 123. The van der Waals surface area contributed by atoms with Gasteiger partial charge in [-0.25, -0.2) is 14.4 Å². The second-order valence-electron chi connectivity index (χ2n) is 20.7. The van der Waals surface area contributed by atoms with E-state index in [-0.39, 0.29) is 119 Å². The summed E-state index contributed by atoms with van der Waals surface area (Å²) >= 11 is 0. The van der Waals surface area contributed by atoms with Gasteiger partial charge in [-0.15, -0.1) is 39.5 Å². The number of guanidine groups is 3. The number of nitrogens with one attached hydrogen (secondary N) is 9. The summed E-state index contributed by atoms with van der Waals surface area (Å²) in [6.07, 6.45) is 10.4. The van der Waals surface area contributed by atoms with Crippen molar-refractivity contribution in [1.82, 2.24) is 46.6 Å². The summed E-state index contributed by atoms with van der Waals surface area (Å²) in [5, 5.41) is 23.8. The van der Waals surface area contributed by atoms with Crippen LogP contribution in [0.3, 0.4) is 0 Å². The summed E-state index contributed by atoms with van der Waals surface area (Å²) in [5.41, 5.74) is 18.2. The Morgan fingerprint density at radius 2 is 0.841 bits per heavy atom. The fourth-order valence-corrected chi connectivity index (χ4v) is 10.8. The Bertz CT molecular complexity index is 2600. The first-order chi connectivity index (χ1) is 42.3. The van der Waals surface area contributed by atoms with Gasteiger partial charge in [0.2, 0.25) is 35.4 Å². The number of aliphatic hydroxyl groups excluding tert-OH is 1. The zero-order valence-electron chi connectivity index (χ0n) is 49.7. The molecule has 7 rings (SSSR count). The SMILES string of the molecule is C=CC1OC(C=C)C2C(=O)N(CC[NH+]=C(N)NC(=O)NCCCCCC)C(=O)C12.C=CC1OC(C=C)C2C(=O)N(CC[NH+]=C(N)NC(=O)NCCOCCO)C(=O)C12.C=CC1OC(C=C)C2C(=O)N(CC[NH+]=C(N)NC(=O)NCc3ccccc3)C(=O)C12. The van der Waals surface area contributed by atoms with Crippen molar-refractivity contribution in [1.29, 1.82) is 0 Å². The highest BCUT2D eigenvalue weighted by atomic mass is 16.5. The molecule has 0 radical (unpaired) electrons. The summed E-state index contributed by atoms with van der Waals surface area (Å²) in [6, 6.07) is 8.04. The number of urea groups is 3. The average molecular weight is 1230 g/mol. The van der Waals surface area contributed by atoms with E-state index < -0.39 is 90.2 Å². The van der Waals surface area contributed by atoms with E-state index in [4.69, 9.17) is 41.3 Å². The Morgan fingerprint density at radius 1 is 0.511 bits per heavy atom. The van der Waals surface area contributed by atoms with Gasteiger partial charge in [0.15, 0.2) is 0 Å². The van der Waals surface area contributed by atoms with Gasteiger partial charge in [0.05, 0.1) is 131 Å². The molecule has 0 bridgehead atoms. The summed E-state index contributed by atoms with van der Waals surface area (Å²) < 4.78 is 22.0. The van der Waals surface area contributed by atoms with Crippen LogP contribution in [0, 0.1) is 35.5 Å².